The maximum absolute atomic E-state index is 15.1. The second-order valence-electron chi connectivity index (χ2n) is 10.9. The van der Waals surface area contributed by atoms with Crippen LogP contribution in [0, 0.1) is 12.7 Å². The Labute approximate surface area is 251 Å². The van der Waals surface area contributed by atoms with Crippen LogP contribution < -0.4 is 14.8 Å². The number of anilines is 1. The molecule has 224 valence electrons. The van der Waals surface area contributed by atoms with Crippen molar-refractivity contribution in [2.45, 2.75) is 58.8 Å². The predicted molar refractivity (Wildman–Crippen MR) is 163 cm³/mol. The van der Waals surface area contributed by atoms with E-state index < -0.39 is 29.7 Å². The smallest absolute Gasteiger partial charge is 0.412 e. The number of aromatic nitrogens is 4. The molecule has 0 spiro atoms. The number of hydrogen-bond donors (Lipinski definition) is 2. The third kappa shape index (κ3) is 7.15. The zero-order chi connectivity index (χ0) is 30.9. The van der Waals surface area contributed by atoms with Gasteiger partial charge >= 0.3 is 6.09 Å². The van der Waals surface area contributed by atoms with Gasteiger partial charge in [-0.3, -0.25) is 10.3 Å². The summed E-state index contributed by atoms with van der Waals surface area (Å²) in [5.41, 5.74) is 3.75. The van der Waals surface area contributed by atoms with Crippen molar-refractivity contribution in [2.24, 2.45) is 0 Å². The summed E-state index contributed by atoms with van der Waals surface area (Å²) in [6.45, 7) is 8.68. The molecule has 0 aliphatic carbocycles. The number of benzene rings is 2. The van der Waals surface area contributed by atoms with Crippen molar-refractivity contribution in [3.05, 3.63) is 65.9 Å². The predicted octanol–water partition coefficient (Wildman–Crippen LogP) is 6.48. The molecule has 5 rings (SSSR count). The van der Waals surface area contributed by atoms with Crippen LogP contribution in [0.3, 0.4) is 0 Å². The Morgan fingerprint density at radius 1 is 1.09 bits per heavy atom. The van der Waals surface area contributed by atoms with Crippen LogP contribution in [-0.2, 0) is 11.2 Å². The minimum atomic E-state index is -0.940. The molecule has 0 unspecified atom stereocenters. The molecule has 2 atom stereocenters. The Morgan fingerprint density at radius 2 is 1.88 bits per heavy atom. The minimum absolute atomic E-state index is 0.0232. The van der Waals surface area contributed by atoms with Gasteiger partial charge in [0.2, 0.25) is 5.88 Å². The summed E-state index contributed by atoms with van der Waals surface area (Å²) in [4.78, 5) is 30.5. The Kier molecular flexibility index (Phi) is 8.43. The first-order chi connectivity index (χ1) is 20.4. The third-order valence-electron chi connectivity index (χ3n) is 6.59. The van der Waals surface area contributed by atoms with Gasteiger partial charge in [0, 0.05) is 41.7 Å². The van der Waals surface area contributed by atoms with E-state index in [0.29, 0.717) is 45.2 Å². The fraction of sp³-hybridized carbons (Fsp3) is 0.323. The maximum atomic E-state index is 15.1. The number of thiazole rings is 1. The molecule has 0 fully saturated rings. The van der Waals surface area contributed by atoms with E-state index in [4.69, 9.17) is 14.2 Å². The molecule has 0 bridgehead atoms. The second-order valence-corrected chi connectivity index (χ2v) is 12.0. The highest BCUT2D eigenvalue weighted by atomic mass is 32.1. The Hall–Kier alpha value is -4.42. The SMILES string of the molecule is COc1cnc2c(-c3nc4cc(F)c(O[C@@H](C)[C@@H](C)OC(=O)Nc5ccnc(CC(C)(C)O)c5)cc4s3)cc(C)cc2n1. The van der Waals surface area contributed by atoms with Crippen molar-refractivity contribution in [1.82, 2.24) is 19.9 Å². The van der Waals surface area contributed by atoms with E-state index in [1.807, 2.05) is 19.1 Å². The van der Waals surface area contributed by atoms with Gasteiger partial charge in [0.15, 0.2) is 11.6 Å². The molecule has 0 saturated heterocycles. The number of nitrogens with one attached hydrogen (secondary N) is 1. The lowest BCUT2D eigenvalue weighted by Crippen LogP contribution is -2.32. The first kappa shape index (κ1) is 30.1. The number of nitrogens with zero attached hydrogens (tertiary/aromatic N) is 4. The highest BCUT2D eigenvalue weighted by Crippen LogP contribution is 2.37. The average molecular weight is 606 g/mol. The van der Waals surface area contributed by atoms with E-state index >= 15 is 4.39 Å². The van der Waals surface area contributed by atoms with Crippen molar-refractivity contribution in [3.63, 3.8) is 0 Å². The van der Waals surface area contributed by atoms with Gasteiger partial charge in [-0.1, -0.05) is 0 Å². The summed E-state index contributed by atoms with van der Waals surface area (Å²) < 4.78 is 32.4. The van der Waals surface area contributed by atoms with Gasteiger partial charge in [0.05, 0.1) is 40.2 Å². The van der Waals surface area contributed by atoms with E-state index in [1.54, 1.807) is 58.3 Å². The first-order valence-electron chi connectivity index (χ1n) is 13.6. The van der Waals surface area contributed by atoms with Gasteiger partial charge in [-0.05, 0) is 64.4 Å². The lowest BCUT2D eigenvalue weighted by Gasteiger charge is -2.22. The molecule has 0 radical (unpaired) electrons. The number of halogens is 1. The number of aryl methyl sites for hydroxylation is 1. The monoisotopic (exact) mass is 605 g/mol. The molecule has 3 aromatic heterocycles. The zero-order valence-electron chi connectivity index (χ0n) is 24.6. The summed E-state index contributed by atoms with van der Waals surface area (Å²) >= 11 is 1.39. The first-order valence-corrected chi connectivity index (χ1v) is 14.4. The maximum Gasteiger partial charge on any atom is 0.412 e. The molecular formula is C31H32FN5O5S. The topological polar surface area (TPSA) is 129 Å². The van der Waals surface area contributed by atoms with Crippen LogP contribution in [0.1, 0.15) is 39.0 Å². The summed E-state index contributed by atoms with van der Waals surface area (Å²) in [6.07, 6.45) is 1.34. The number of amides is 1. The van der Waals surface area contributed by atoms with Gasteiger partial charge in [0.1, 0.15) is 17.2 Å². The van der Waals surface area contributed by atoms with Crippen molar-refractivity contribution in [2.75, 3.05) is 12.4 Å². The van der Waals surface area contributed by atoms with Crippen LogP contribution in [0.25, 0.3) is 31.8 Å². The Morgan fingerprint density at radius 3 is 2.63 bits per heavy atom. The number of methoxy groups -OCH3 is 1. The summed E-state index contributed by atoms with van der Waals surface area (Å²) in [5.74, 6) is -0.145. The number of fused-ring (bicyclic) bond motifs is 2. The second kappa shape index (κ2) is 12.1. The molecule has 3 heterocycles. The van der Waals surface area contributed by atoms with Crippen molar-refractivity contribution in [3.8, 4) is 22.2 Å². The zero-order valence-corrected chi connectivity index (χ0v) is 25.5. The van der Waals surface area contributed by atoms with Crippen LogP contribution in [0.4, 0.5) is 14.9 Å². The molecular weight excluding hydrogens is 573 g/mol. The fourth-order valence-corrected chi connectivity index (χ4v) is 5.44. The van der Waals surface area contributed by atoms with Crippen LogP contribution >= 0.6 is 11.3 Å². The van der Waals surface area contributed by atoms with Gasteiger partial charge in [-0.25, -0.2) is 24.1 Å². The molecule has 12 heteroatoms. The molecule has 1 amide bonds. The van der Waals surface area contributed by atoms with E-state index in [1.165, 1.54) is 24.5 Å². The minimum Gasteiger partial charge on any atom is -0.484 e. The molecule has 2 aromatic carbocycles. The molecule has 5 aromatic rings. The van der Waals surface area contributed by atoms with Crippen LogP contribution in [0.5, 0.6) is 11.6 Å². The molecule has 0 saturated carbocycles. The standard InChI is InChI=1S/C31H32FN5O5S/c1-16-9-21(28-24(10-16)36-27(40-6)15-34-28)29-37-23-12-22(32)25(13-26(23)43-29)41-17(2)18(3)42-30(38)35-19-7-8-33-20(11-19)14-31(4,5)39/h7-13,15,17-18,39H,14H2,1-6H3,(H,33,35,38)/t17-,18+/m0/s1. The van der Waals surface area contributed by atoms with Crippen molar-refractivity contribution >= 4 is 44.4 Å². The van der Waals surface area contributed by atoms with Crippen LogP contribution in [-0.4, -0.2) is 56.1 Å². The number of ether oxygens (including phenoxy) is 3. The van der Waals surface area contributed by atoms with E-state index in [0.717, 1.165) is 15.8 Å². The van der Waals surface area contributed by atoms with Crippen molar-refractivity contribution < 1.29 is 28.5 Å². The normalized spacial score (nSPS) is 13.1. The molecule has 0 aliphatic rings. The number of aliphatic hydroxyl groups is 1. The highest BCUT2D eigenvalue weighted by molar-refractivity contribution is 7.21. The fourth-order valence-electron chi connectivity index (χ4n) is 4.45. The average Bonchev–Trinajstić information content (AvgIpc) is 3.33. The quantitative estimate of drug-likeness (QED) is 0.194. The number of carbonyl (C=O) groups excluding carboxylic acids is 1. The molecule has 2 N–H and O–H groups in total. The number of pyridine rings is 1. The lowest BCUT2D eigenvalue weighted by atomic mass is 10.0. The molecule has 0 aliphatic heterocycles. The van der Waals surface area contributed by atoms with Crippen molar-refractivity contribution in [1.29, 1.82) is 0 Å². The van der Waals surface area contributed by atoms with Gasteiger partial charge < -0.3 is 19.3 Å². The van der Waals surface area contributed by atoms with E-state index in [2.05, 4.69) is 25.3 Å². The summed E-state index contributed by atoms with van der Waals surface area (Å²) in [7, 11) is 1.54. The lowest BCUT2D eigenvalue weighted by molar-refractivity contribution is 0.0402. The van der Waals surface area contributed by atoms with Gasteiger partial charge in [0.25, 0.3) is 0 Å². The summed E-state index contributed by atoms with van der Waals surface area (Å²) in [6, 6.07) is 10.1. The molecule has 43 heavy (non-hydrogen) atoms. The van der Waals surface area contributed by atoms with Gasteiger partial charge in [-0.2, -0.15) is 0 Å². The molecule has 10 nitrogen and oxygen atoms in total. The van der Waals surface area contributed by atoms with E-state index in [-0.39, 0.29) is 5.75 Å². The Balaban J connectivity index is 1.29. The van der Waals surface area contributed by atoms with E-state index in [9.17, 15) is 9.90 Å². The highest BCUT2D eigenvalue weighted by Gasteiger charge is 2.22. The number of carbonyl (C=O) groups is 1. The number of hydrogen-bond acceptors (Lipinski definition) is 10. The van der Waals surface area contributed by atoms with Crippen LogP contribution in [0.15, 0.2) is 48.8 Å². The van der Waals surface area contributed by atoms with Gasteiger partial charge in [-0.15, -0.1) is 11.3 Å². The Bertz CT molecular complexity index is 1810. The van der Waals surface area contributed by atoms with Crippen LogP contribution in [0.2, 0.25) is 0 Å². The summed E-state index contributed by atoms with van der Waals surface area (Å²) in [5, 5.41) is 13.4. The third-order valence-corrected chi connectivity index (χ3v) is 7.65. The largest absolute Gasteiger partial charge is 0.484 e. The number of rotatable bonds is 9.